The molecule has 0 amide bonds. The molecule has 0 saturated heterocycles. The molecule has 0 atom stereocenters. The molecule has 8 heteroatoms. The number of carbonyl (C=O) groups is 2. The molecule has 0 unspecified atom stereocenters. The highest BCUT2D eigenvalue weighted by Crippen LogP contribution is 2.17. The van der Waals surface area contributed by atoms with Crippen molar-refractivity contribution < 1.29 is 28.5 Å². The van der Waals surface area contributed by atoms with Crippen molar-refractivity contribution in [2.45, 2.75) is 0 Å². The van der Waals surface area contributed by atoms with Crippen LogP contribution >= 0.6 is 45.2 Å². The summed E-state index contributed by atoms with van der Waals surface area (Å²) in [6.07, 6.45) is 0. The van der Waals surface area contributed by atoms with Gasteiger partial charge in [-0.3, -0.25) is 9.59 Å². The molecule has 0 aromatic heterocycles. The number of alkyl halides is 2. The van der Waals surface area contributed by atoms with Gasteiger partial charge in [0.05, 0.1) is 26.4 Å². The van der Waals surface area contributed by atoms with Crippen LogP contribution in [0.5, 0.6) is 11.5 Å². The Bertz CT molecular complexity index is 710. The number of hydrogen-bond donors (Lipinski definition) is 0. The molecule has 30 heavy (non-hydrogen) atoms. The van der Waals surface area contributed by atoms with Gasteiger partial charge in [0.25, 0.3) is 0 Å². The Hall–Kier alpha value is -1.24. The smallest absolute Gasteiger partial charge is 0.233 e. The van der Waals surface area contributed by atoms with Crippen molar-refractivity contribution in [1.29, 1.82) is 0 Å². The number of rotatable bonds is 15. The maximum absolute atomic E-state index is 12.5. The lowest BCUT2D eigenvalue weighted by molar-refractivity contribution is 0.0816. The first-order valence-corrected chi connectivity index (χ1v) is 12.5. The highest BCUT2D eigenvalue weighted by Gasteiger charge is 2.18. The van der Waals surface area contributed by atoms with Gasteiger partial charge in [-0.2, -0.15) is 0 Å². The fraction of sp³-hybridized carbons (Fsp3) is 0.364. The third-order valence-electron chi connectivity index (χ3n) is 3.88. The van der Waals surface area contributed by atoms with Gasteiger partial charge in [0.15, 0.2) is 0 Å². The monoisotopic (exact) mass is 638 g/mol. The van der Waals surface area contributed by atoms with Gasteiger partial charge in [-0.15, -0.1) is 0 Å². The second kappa shape index (κ2) is 14.7. The fourth-order valence-corrected chi connectivity index (χ4v) is 3.04. The van der Waals surface area contributed by atoms with Crippen molar-refractivity contribution in [3.05, 3.63) is 59.7 Å². The van der Waals surface area contributed by atoms with Gasteiger partial charge in [-0.1, -0.05) is 45.2 Å². The predicted octanol–water partition coefficient (Wildman–Crippen LogP) is 4.41. The van der Waals surface area contributed by atoms with E-state index in [4.69, 9.17) is 18.9 Å². The van der Waals surface area contributed by atoms with Crippen LogP contribution in [-0.4, -0.2) is 60.1 Å². The predicted molar refractivity (Wildman–Crippen MR) is 132 cm³/mol. The fourth-order valence-electron chi connectivity index (χ4n) is 2.42. The number of ether oxygens (including phenoxy) is 4. The summed E-state index contributed by atoms with van der Waals surface area (Å²) < 4.78 is 23.7. The van der Waals surface area contributed by atoms with E-state index >= 15 is 0 Å². The van der Waals surface area contributed by atoms with Crippen LogP contribution in [0.1, 0.15) is 20.7 Å². The van der Waals surface area contributed by atoms with E-state index in [9.17, 15) is 9.59 Å². The first-order valence-electron chi connectivity index (χ1n) is 9.48. The van der Waals surface area contributed by atoms with Crippen LogP contribution in [0, 0.1) is 0 Å². The lowest BCUT2D eigenvalue weighted by atomic mass is 10.0. The van der Waals surface area contributed by atoms with Crippen LogP contribution in [0.25, 0.3) is 0 Å². The Morgan fingerprint density at radius 2 is 0.933 bits per heavy atom. The lowest BCUT2D eigenvalue weighted by Gasteiger charge is -2.08. The molecule has 0 radical (unpaired) electrons. The average Bonchev–Trinajstić information content (AvgIpc) is 2.79. The quantitative estimate of drug-likeness (QED) is 0.0948. The van der Waals surface area contributed by atoms with E-state index in [1.807, 2.05) is 0 Å². The van der Waals surface area contributed by atoms with E-state index in [-0.39, 0.29) is 0 Å². The maximum Gasteiger partial charge on any atom is 0.233 e. The summed E-state index contributed by atoms with van der Waals surface area (Å²) in [5, 5.41) is 0. The second-order valence-electron chi connectivity index (χ2n) is 6.01. The van der Waals surface area contributed by atoms with E-state index < -0.39 is 11.6 Å². The first kappa shape index (κ1) is 25.0. The summed E-state index contributed by atoms with van der Waals surface area (Å²) in [5.41, 5.74) is 0.641. The van der Waals surface area contributed by atoms with Crippen LogP contribution in [0.2, 0.25) is 0 Å². The molecule has 0 fully saturated rings. The van der Waals surface area contributed by atoms with Gasteiger partial charge >= 0.3 is 0 Å². The van der Waals surface area contributed by atoms with Crippen molar-refractivity contribution in [2.24, 2.45) is 0 Å². The second-order valence-corrected chi connectivity index (χ2v) is 8.16. The van der Waals surface area contributed by atoms with Gasteiger partial charge < -0.3 is 18.9 Å². The van der Waals surface area contributed by atoms with E-state index in [0.29, 0.717) is 62.3 Å². The number of Topliss-reactive ketones (excluding diaryl/α,β-unsaturated/α-hetero) is 2. The van der Waals surface area contributed by atoms with E-state index in [1.165, 1.54) is 0 Å². The summed E-state index contributed by atoms with van der Waals surface area (Å²) in [5.74, 6) is 0.127. The van der Waals surface area contributed by atoms with Gasteiger partial charge in [-0.25, -0.2) is 0 Å². The minimum absolute atomic E-state index is 0.321. The number of ketones is 2. The lowest BCUT2D eigenvalue weighted by Crippen LogP contribution is -2.14. The molecule has 2 rings (SSSR count). The number of halogens is 2. The van der Waals surface area contributed by atoms with Crippen molar-refractivity contribution in [3.63, 3.8) is 0 Å². The Morgan fingerprint density at radius 1 is 0.567 bits per heavy atom. The van der Waals surface area contributed by atoms with Gasteiger partial charge in [0, 0.05) is 20.0 Å². The molecule has 0 aliphatic rings. The summed E-state index contributed by atoms with van der Waals surface area (Å²) in [4.78, 5) is 25.0. The minimum atomic E-state index is -0.562. The standard InChI is InChI=1S/C22H24I2O6/c23-9-11-27-13-15-29-19-5-1-17(2-6-19)21(25)22(26)18-3-7-20(8-4-18)30-16-14-28-12-10-24/h1-8H,9-16H2. The molecule has 2 aromatic carbocycles. The summed E-state index contributed by atoms with van der Waals surface area (Å²) in [6, 6.07) is 13.1. The molecule has 162 valence electrons. The molecular formula is C22H24I2O6. The third kappa shape index (κ3) is 8.86. The van der Waals surface area contributed by atoms with Crippen LogP contribution in [0.15, 0.2) is 48.5 Å². The summed E-state index contributed by atoms with van der Waals surface area (Å²) in [7, 11) is 0. The minimum Gasteiger partial charge on any atom is -0.491 e. The third-order valence-corrected chi connectivity index (χ3v) is 4.76. The topological polar surface area (TPSA) is 71.1 Å². The maximum atomic E-state index is 12.5. The van der Waals surface area contributed by atoms with Crippen LogP contribution in [0.4, 0.5) is 0 Å². The highest BCUT2D eigenvalue weighted by molar-refractivity contribution is 14.1. The molecule has 0 N–H and O–H groups in total. The zero-order valence-electron chi connectivity index (χ0n) is 16.5. The number of hydrogen-bond acceptors (Lipinski definition) is 6. The average molecular weight is 638 g/mol. The molecule has 0 aliphatic heterocycles. The van der Waals surface area contributed by atoms with Crippen LogP contribution < -0.4 is 9.47 Å². The molecule has 0 aliphatic carbocycles. The zero-order chi connectivity index (χ0) is 21.6. The van der Waals surface area contributed by atoms with Crippen LogP contribution in [0.3, 0.4) is 0 Å². The largest absolute Gasteiger partial charge is 0.491 e. The molecule has 0 spiro atoms. The van der Waals surface area contributed by atoms with Crippen LogP contribution in [-0.2, 0) is 9.47 Å². The highest BCUT2D eigenvalue weighted by atomic mass is 127. The van der Waals surface area contributed by atoms with E-state index in [0.717, 1.165) is 8.86 Å². The Morgan fingerprint density at radius 3 is 1.27 bits per heavy atom. The number of carbonyl (C=O) groups excluding carboxylic acids is 2. The Labute approximate surface area is 203 Å². The van der Waals surface area contributed by atoms with E-state index in [1.54, 1.807) is 48.5 Å². The Kier molecular flexibility index (Phi) is 12.3. The van der Waals surface area contributed by atoms with E-state index in [2.05, 4.69) is 45.2 Å². The zero-order valence-corrected chi connectivity index (χ0v) is 20.8. The molecule has 6 nitrogen and oxygen atoms in total. The summed E-state index contributed by atoms with van der Waals surface area (Å²) in [6.45, 7) is 3.27. The Balaban J connectivity index is 1.83. The van der Waals surface area contributed by atoms with Crippen molar-refractivity contribution in [2.75, 3.05) is 48.5 Å². The van der Waals surface area contributed by atoms with Gasteiger partial charge in [-0.05, 0) is 48.5 Å². The molecule has 0 saturated carbocycles. The van der Waals surface area contributed by atoms with Crippen molar-refractivity contribution in [1.82, 2.24) is 0 Å². The first-order chi connectivity index (χ1) is 14.7. The molecular weight excluding hydrogens is 614 g/mol. The molecule has 0 bridgehead atoms. The van der Waals surface area contributed by atoms with Crippen molar-refractivity contribution in [3.8, 4) is 11.5 Å². The normalized spacial score (nSPS) is 10.6. The summed E-state index contributed by atoms with van der Waals surface area (Å²) >= 11 is 4.49. The number of benzene rings is 2. The van der Waals surface area contributed by atoms with Gasteiger partial charge in [0.2, 0.25) is 11.6 Å². The molecule has 0 heterocycles. The van der Waals surface area contributed by atoms with Gasteiger partial charge in [0.1, 0.15) is 24.7 Å². The van der Waals surface area contributed by atoms with Crippen molar-refractivity contribution >= 4 is 56.7 Å². The molecule has 2 aromatic rings. The SMILES string of the molecule is O=C(C(=O)c1ccc(OCCOCCI)cc1)c1ccc(OCCOCCI)cc1.